The lowest BCUT2D eigenvalue weighted by atomic mass is 10.0. The van der Waals surface area contributed by atoms with E-state index < -0.39 is 9.84 Å². The predicted molar refractivity (Wildman–Crippen MR) is 82.3 cm³/mol. The van der Waals surface area contributed by atoms with Crippen LogP contribution >= 0.6 is 0 Å². The van der Waals surface area contributed by atoms with E-state index in [2.05, 4.69) is 5.32 Å². The fourth-order valence-corrected chi connectivity index (χ4v) is 3.23. The largest absolute Gasteiger partial charge is 0.336 e. The molecule has 5 nitrogen and oxygen atoms in total. The molecule has 1 aliphatic heterocycles. The van der Waals surface area contributed by atoms with E-state index in [4.69, 9.17) is 0 Å². The van der Waals surface area contributed by atoms with Crippen molar-refractivity contribution in [1.82, 2.24) is 10.2 Å². The molecule has 116 valence electrons. The second kappa shape index (κ2) is 6.15. The maximum atomic E-state index is 12.7. The predicted octanol–water partition coefficient (Wildman–Crippen LogP) is 1.09. The van der Waals surface area contributed by atoms with E-state index >= 15 is 0 Å². The topological polar surface area (TPSA) is 66.5 Å². The Morgan fingerprint density at radius 3 is 2.71 bits per heavy atom. The van der Waals surface area contributed by atoms with Crippen molar-refractivity contribution in [2.45, 2.75) is 31.2 Å². The first-order chi connectivity index (χ1) is 9.82. The van der Waals surface area contributed by atoms with Crippen molar-refractivity contribution in [2.75, 3.05) is 25.9 Å². The van der Waals surface area contributed by atoms with Crippen molar-refractivity contribution in [3.8, 4) is 0 Å². The molecular formula is C15H22N2O3S. The molecule has 0 radical (unpaired) electrons. The summed E-state index contributed by atoms with van der Waals surface area (Å²) in [5.41, 5.74) is 1.40. The lowest BCUT2D eigenvalue weighted by molar-refractivity contribution is 0.0707. The fraction of sp³-hybridized carbons (Fsp3) is 0.533. The zero-order valence-electron chi connectivity index (χ0n) is 12.7. The minimum absolute atomic E-state index is 0.0781. The highest BCUT2D eigenvalue weighted by Crippen LogP contribution is 2.19. The van der Waals surface area contributed by atoms with Crippen LogP contribution in [-0.4, -0.2) is 51.2 Å². The third-order valence-electron chi connectivity index (χ3n) is 3.78. The first-order valence-corrected chi connectivity index (χ1v) is 9.07. The summed E-state index contributed by atoms with van der Waals surface area (Å²) in [5, 5.41) is 3.29. The Balaban J connectivity index is 2.38. The zero-order valence-corrected chi connectivity index (χ0v) is 13.5. The van der Waals surface area contributed by atoms with Crippen LogP contribution in [0.1, 0.15) is 29.8 Å². The molecule has 21 heavy (non-hydrogen) atoms. The Morgan fingerprint density at radius 2 is 2.14 bits per heavy atom. The van der Waals surface area contributed by atoms with Gasteiger partial charge < -0.3 is 10.2 Å². The molecule has 1 fully saturated rings. The number of amides is 1. The van der Waals surface area contributed by atoms with Crippen LogP contribution in [0.15, 0.2) is 23.1 Å². The summed E-state index contributed by atoms with van der Waals surface area (Å²) in [4.78, 5) is 14.7. The Labute approximate surface area is 126 Å². The molecule has 1 heterocycles. The van der Waals surface area contributed by atoms with Crippen LogP contribution in [0.2, 0.25) is 0 Å². The lowest BCUT2D eigenvalue weighted by Crippen LogP contribution is -2.51. The fourth-order valence-electron chi connectivity index (χ4n) is 2.58. The molecule has 0 saturated carbocycles. The van der Waals surface area contributed by atoms with Gasteiger partial charge in [-0.15, -0.1) is 0 Å². The molecule has 1 saturated heterocycles. The number of sulfone groups is 1. The molecule has 0 unspecified atom stereocenters. The molecule has 1 N–H and O–H groups in total. The van der Waals surface area contributed by atoms with E-state index in [0.29, 0.717) is 25.1 Å². The van der Waals surface area contributed by atoms with E-state index in [1.165, 1.54) is 6.07 Å². The van der Waals surface area contributed by atoms with Gasteiger partial charge in [0.05, 0.1) is 4.90 Å². The van der Waals surface area contributed by atoms with Gasteiger partial charge >= 0.3 is 0 Å². The van der Waals surface area contributed by atoms with Gasteiger partial charge in [0.15, 0.2) is 9.84 Å². The average molecular weight is 310 g/mol. The normalized spacial score (nSPS) is 19.6. The Morgan fingerprint density at radius 1 is 1.43 bits per heavy atom. The number of rotatable bonds is 3. The number of aryl methyl sites for hydroxylation is 1. The van der Waals surface area contributed by atoms with Gasteiger partial charge in [-0.3, -0.25) is 4.79 Å². The second-order valence-electron chi connectivity index (χ2n) is 5.55. The third-order valence-corrected chi connectivity index (χ3v) is 4.89. The minimum atomic E-state index is -3.31. The van der Waals surface area contributed by atoms with Crippen LogP contribution in [0.4, 0.5) is 0 Å². The van der Waals surface area contributed by atoms with E-state index in [0.717, 1.165) is 18.4 Å². The number of nitrogens with zero attached hydrogens (tertiary/aromatic N) is 1. The first kappa shape index (κ1) is 16.0. The molecule has 2 rings (SSSR count). The number of carbonyl (C=O) groups excluding carboxylic acids is 1. The van der Waals surface area contributed by atoms with Crippen LogP contribution in [0, 0.1) is 0 Å². The minimum Gasteiger partial charge on any atom is -0.336 e. The van der Waals surface area contributed by atoms with Gasteiger partial charge in [0, 0.05) is 37.5 Å². The van der Waals surface area contributed by atoms with E-state index in [9.17, 15) is 13.2 Å². The maximum absolute atomic E-state index is 12.7. The Bertz CT molecular complexity index is 640. The first-order valence-electron chi connectivity index (χ1n) is 7.18. The standard InChI is InChI=1S/C15H22N2O3S/c1-4-12-5-6-13(21(3,19)20)9-14(12)15(18)17-8-7-16-11(2)10-17/h5-6,9,11,16H,4,7-8,10H2,1-3H3/t11-/m1/s1. The van der Waals surface area contributed by atoms with Crippen molar-refractivity contribution in [3.63, 3.8) is 0 Å². The van der Waals surface area contributed by atoms with Crippen LogP contribution in [-0.2, 0) is 16.3 Å². The number of nitrogens with one attached hydrogen (secondary N) is 1. The summed E-state index contributed by atoms with van der Waals surface area (Å²) < 4.78 is 23.4. The molecule has 0 aromatic heterocycles. The van der Waals surface area contributed by atoms with Crippen LogP contribution in [0.25, 0.3) is 0 Å². The molecule has 0 bridgehead atoms. The molecule has 6 heteroatoms. The SMILES string of the molecule is CCc1ccc(S(C)(=O)=O)cc1C(=O)N1CCN[C@H](C)C1. The molecule has 0 aliphatic carbocycles. The Hall–Kier alpha value is -1.40. The molecule has 0 spiro atoms. The van der Waals surface area contributed by atoms with Crippen LogP contribution < -0.4 is 5.32 Å². The molecule has 1 aromatic rings. The molecule has 1 aliphatic rings. The van der Waals surface area contributed by atoms with Crippen molar-refractivity contribution < 1.29 is 13.2 Å². The van der Waals surface area contributed by atoms with Gasteiger partial charge in [-0.05, 0) is 31.0 Å². The van der Waals surface area contributed by atoms with Crippen LogP contribution in [0.5, 0.6) is 0 Å². The summed E-state index contributed by atoms with van der Waals surface area (Å²) in [6, 6.07) is 5.09. The molecular weight excluding hydrogens is 288 g/mol. The van der Waals surface area contributed by atoms with E-state index in [-0.39, 0.29) is 16.8 Å². The zero-order chi connectivity index (χ0) is 15.6. The number of hydrogen-bond donors (Lipinski definition) is 1. The summed E-state index contributed by atoms with van der Waals surface area (Å²) in [6.07, 6.45) is 1.86. The van der Waals surface area contributed by atoms with Gasteiger partial charge in [-0.1, -0.05) is 13.0 Å². The third kappa shape index (κ3) is 3.63. The highest BCUT2D eigenvalue weighted by atomic mass is 32.2. The molecule has 1 aromatic carbocycles. The number of hydrogen-bond acceptors (Lipinski definition) is 4. The van der Waals surface area contributed by atoms with Gasteiger partial charge in [0.1, 0.15) is 0 Å². The maximum Gasteiger partial charge on any atom is 0.254 e. The van der Waals surface area contributed by atoms with Crippen molar-refractivity contribution in [2.24, 2.45) is 0 Å². The quantitative estimate of drug-likeness (QED) is 0.907. The number of carbonyl (C=O) groups is 1. The Kier molecular flexibility index (Phi) is 4.68. The highest BCUT2D eigenvalue weighted by Gasteiger charge is 2.24. The summed E-state index contributed by atoms with van der Waals surface area (Å²) >= 11 is 0. The van der Waals surface area contributed by atoms with Crippen LogP contribution in [0.3, 0.4) is 0 Å². The molecule has 1 amide bonds. The lowest BCUT2D eigenvalue weighted by Gasteiger charge is -2.32. The van der Waals surface area contributed by atoms with Gasteiger partial charge in [-0.2, -0.15) is 0 Å². The average Bonchev–Trinajstić information content (AvgIpc) is 2.44. The summed E-state index contributed by atoms with van der Waals surface area (Å²) in [5.74, 6) is -0.0781. The van der Waals surface area contributed by atoms with E-state index in [1.54, 1.807) is 17.0 Å². The summed E-state index contributed by atoms with van der Waals surface area (Å²) in [7, 11) is -3.31. The van der Waals surface area contributed by atoms with Crippen molar-refractivity contribution >= 4 is 15.7 Å². The van der Waals surface area contributed by atoms with Gasteiger partial charge in [-0.25, -0.2) is 8.42 Å². The highest BCUT2D eigenvalue weighted by molar-refractivity contribution is 7.90. The second-order valence-corrected chi connectivity index (χ2v) is 7.57. The van der Waals surface area contributed by atoms with Gasteiger partial charge in [0.2, 0.25) is 0 Å². The summed E-state index contributed by atoms with van der Waals surface area (Å²) in [6.45, 7) is 6.06. The van der Waals surface area contributed by atoms with Crippen molar-refractivity contribution in [3.05, 3.63) is 29.3 Å². The van der Waals surface area contributed by atoms with E-state index in [1.807, 2.05) is 13.8 Å². The number of benzene rings is 1. The monoisotopic (exact) mass is 310 g/mol. The van der Waals surface area contributed by atoms with Gasteiger partial charge in [0.25, 0.3) is 5.91 Å². The number of piperazine rings is 1. The molecule has 1 atom stereocenters. The van der Waals surface area contributed by atoms with Crippen molar-refractivity contribution in [1.29, 1.82) is 0 Å². The smallest absolute Gasteiger partial charge is 0.254 e.